The van der Waals surface area contributed by atoms with Crippen LogP contribution in [0.4, 0.5) is 5.69 Å². The number of hydrogen-bond donors (Lipinski definition) is 0. The molecule has 124 valence electrons. The number of sulfonamides is 1. The highest BCUT2D eigenvalue weighted by Gasteiger charge is 2.26. The van der Waals surface area contributed by atoms with E-state index >= 15 is 0 Å². The van der Waals surface area contributed by atoms with Crippen molar-refractivity contribution in [3.8, 4) is 0 Å². The lowest BCUT2D eigenvalue weighted by Gasteiger charge is -2.24. The van der Waals surface area contributed by atoms with E-state index in [1.165, 1.54) is 19.2 Å². The maximum absolute atomic E-state index is 12.5. The molecular weight excluding hydrogens is 356 g/mol. The van der Waals surface area contributed by atoms with E-state index < -0.39 is 10.0 Å². The smallest absolute Gasteiger partial charge is 0.252 e. The first-order valence-electron chi connectivity index (χ1n) is 6.93. The molecule has 0 aliphatic carbocycles. The third-order valence-corrected chi connectivity index (χ3v) is 6.76. The molecule has 0 radical (unpaired) electrons. The number of anilines is 1. The first-order chi connectivity index (χ1) is 10.9. The number of halogens is 1. The van der Waals surface area contributed by atoms with Crippen molar-refractivity contribution in [1.29, 1.82) is 0 Å². The lowest BCUT2D eigenvalue weighted by atomic mass is 10.3. The van der Waals surface area contributed by atoms with Gasteiger partial charge in [0.1, 0.15) is 4.21 Å². The zero-order valence-corrected chi connectivity index (χ0v) is 15.2. The zero-order valence-electron chi connectivity index (χ0n) is 12.8. The molecule has 2 aromatic rings. The van der Waals surface area contributed by atoms with Gasteiger partial charge < -0.3 is 4.90 Å². The third kappa shape index (κ3) is 4.11. The number of likely N-dealkylation sites (N-methyl/N-ethyl adjacent to an activating group) is 2. The monoisotopic (exact) mass is 372 g/mol. The summed E-state index contributed by atoms with van der Waals surface area (Å²) in [4.78, 5) is 14.0. The summed E-state index contributed by atoms with van der Waals surface area (Å²) >= 11 is 6.76. The first kappa shape index (κ1) is 17.9. The van der Waals surface area contributed by atoms with Crippen LogP contribution in [0.5, 0.6) is 0 Å². The van der Waals surface area contributed by atoms with Gasteiger partial charge in [-0.2, -0.15) is 4.31 Å². The second-order valence-electron chi connectivity index (χ2n) is 4.79. The fourth-order valence-electron chi connectivity index (χ4n) is 2.06. The van der Waals surface area contributed by atoms with E-state index in [2.05, 4.69) is 0 Å². The van der Waals surface area contributed by atoms with E-state index in [-0.39, 0.29) is 16.7 Å². The minimum Gasteiger partial charge on any atom is -0.312 e. The second kappa shape index (κ2) is 7.44. The van der Waals surface area contributed by atoms with E-state index in [1.54, 1.807) is 4.90 Å². The maximum Gasteiger partial charge on any atom is 0.252 e. The van der Waals surface area contributed by atoms with Gasteiger partial charge >= 0.3 is 0 Å². The van der Waals surface area contributed by atoms with Gasteiger partial charge in [0, 0.05) is 19.3 Å². The van der Waals surface area contributed by atoms with Crippen LogP contribution in [0.25, 0.3) is 0 Å². The molecule has 0 saturated heterocycles. The molecule has 23 heavy (non-hydrogen) atoms. The van der Waals surface area contributed by atoms with E-state index in [0.717, 1.165) is 21.3 Å². The Morgan fingerprint density at radius 1 is 1.17 bits per heavy atom. The summed E-state index contributed by atoms with van der Waals surface area (Å²) in [6.45, 7) is 2.07. The molecule has 0 fully saturated rings. The molecule has 2 rings (SSSR count). The number of nitrogens with zero attached hydrogens (tertiary/aromatic N) is 2. The fraction of sp³-hybridized carbons (Fsp3) is 0.267. The van der Waals surface area contributed by atoms with Crippen LogP contribution >= 0.6 is 22.9 Å². The summed E-state index contributed by atoms with van der Waals surface area (Å²) in [5.41, 5.74) is 0.741. The number of benzene rings is 1. The lowest BCUT2D eigenvalue weighted by Crippen LogP contribution is -2.41. The summed E-state index contributed by atoms with van der Waals surface area (Å²) in [6.07, 6.45) is 0. The largest absolute Gasteiger partial charge is 0.312 e. The summed E-state index contributed by atoms with van der Waals surface area (Å²) in [5.74, 6) is -0.285. The maximum atomic E-state index is 12.5. The molecule has 1 aromatic heterocycles. The van der Waals surface area contributed by atoms with Crippen molar-refractivity contribution >= 4 is 44.6 Å². The Bertz CT molecular complexity index is 775. The van der Waals surface area contributed by atoms with Crippen LogP contribution in [-0.4, -0.2) is 38.8 Å². The van der Waals surface area contributed by atoms with Crippen LogP contribution in [0.1, 0.15) is 6.92 Å². The van der Waals surface area contributed by atoms with Crippen LogP contribution in [-0.2, 0) is 14.8 Å². The minimum absolute atomic E-state index is 0.126. The Kier molecular flexibility index (Phi) is 5.80. The van der Waals surface area contributed by atoms with E-state index in [0.29, 0.717) is 10.9 Å². The number of para-hydroxylation sites is 1. The van der Waals surface area contributed by atoms with Gasteiger partial charge in [-0.05, 0) is 31.2 Å². The topological polar surface area (TPSA) is 57.7 Å². The average molecular weight is 373 g/mol. The molecule has 5 nitrogen and oxygen atoms in total. The fourth-order valence-corrected chi connectivity index (χ4v) is 4.88. The number of rotatable bonds is 6. The van der Waals surface area contributed by atoms with Crippen LogP contribution in [0.15, 0.2) is 46.7 Å². The van der Waals surface area contributed by atoms with Gasteiger partial charge in [-0.3, -0.25) is 4.79 Å². The molecule has 8 heteroatoms. The van der Waals surface area contributed by atoms with Gasteiger partial charge in [0.2, 0.25) is 5.91 Å². The van der Waals surface area contributed by atoms with Gasteiger partial charge in [0.05, 0.1) is 10.9 Å². The van der Waals surface area contributed by atoms with Crippen molar-refractivity contribution in [2.45, 2.75) is 11.1 Å². The van der Waals surface area contributed by atoms with E-state index in [1.807, 2.05) is 37.3 Å². The average Bonchev–Trinajstić information content (AvgIpc) is 2.96. The summed E-state index contributed by atoms with van der Waals surface area (Å²) in [6, 6.07) is 12.1. The van der Waals surface area contributed by atoms with Crippen molar-refractivity contribution in [3.05, 3.63) is 46.8 Å². The summed E-state index contributed by atoms with van der Waals surface area (Å²) in [5, 5.41) is 0. The molecule has 0 bridgehead atoms. The molecular formula is C15H17ClN2O3S2. The SMILES string of the molecule is CCN(C(=O)CN(C)S(=O)(=O)c1ccc(Cl)s1)c1ccccc1. The quantitative estimate of drug-likeness (QED) is 0.783. The Balaban J connectivity index is 2.15. The van der Waals surface area contributed by atoms with E-state index in [4.69, 9.17) is 11.6 Å². The highest BCUT2D eigenvalue weighted by molar-refractivity contribution is 7.91. The Morgan fingerprint density at radius 3 is 2.35 bits per heavy atom. The Labute approximate surface area is 145 Å². The van der Waals surface area contributed by atoms with E-state index in [9.17, 15) is 13.2 Å². The number of carbonyl (C=O) groups is 1. The molecule has 0 aliphatic rings. The molecule has 0 aliphatic heterocycles. The van der Waals surface area contributed by atoms with Crippen LogP contribution < -0.4 is 4.90 Å². The highest BCUT2D eigenvalue weighted by Crippen LogP contribution is 2.27. The molecule has 0 saturated carbocycles. The first-order valence-corrected chi connectivity index (χ1v) is 9.56. The number of hydrogen-bond acceptors (Lipinski definition) is 4. The highest BCUT2D eigenvalue weighted by atomic mass is 35.5. The molecule has 0 atom stereocenters. The van der Waals surface area contributed by atoms with Crippen molar-refractivity contribution in [2.24, 2.45) is 0 Å². The number of thiophene rings is 1. The van der Waals surface area contributed by atoms with Crippen molar-refractivity contribution in [2.75, 3.05) is 25.0 Å². The van der Waals surface area contributed by atoms with Gasteiger partial charge in [-0.25, -0.2) is 8.42 Å². The molecule has 1 amide bonds. The van der Waals surface area contributed by atoms with Crippen molar-refractivity contribution < 1.29 is 13.2 Å². The van der Waals surface area contributed by atoms with Gasteiger partial charge in [0.15, 0.2) is 0 Å². The number of carbonyl (C=O) groups excluding carboxylic acids is 1. The minimum atomic E-state index is -3.72. The number of amides is 1. The summed E-state index contributed by atoms with van der Waals surface area (Å²) < 4.78 is 26.4. The van der Waals surface area contributed by atoms with Gasteiger partial charge in [0.25, 0.3) is 10.0 Å². The molecule has 1 aromatic carbocycles. The zero-order chi connectivity index (χ0) is 17.0. The van der Waals surface area contributed by atoms with Gasteiger partial charge in [-0.1, -0.05) is 29.8 Å². The standard InChI is InChI=1S/C15H17ClN2O3S2/c1-3-18(12-7-5-4-6-8-12)14(19)11-17(2)23(20,21)15-10-9-13(16)22-15/h4-10H,3,11H2,1-2H3. The molecule has 0 N–H and O–H groups in total. The van der Waals surface area contributed by atoms with Gasteiger partial charge in [-0.15, -0.1) is 11.3 Å². The molecule has 0 spiro atoms. The Hall–Kier alpha value is -1.41. The normalized spacial score (nSPS) is 11.7. The second-order valence-corrected chi connectivity index (χ2v) is 8.78. The van der Waals surface area contributed by atoms with Crippen molar-refractivity contribution in [1.82, 2.24) is 4.31 Å². The molecule has 0 unspecified atom stereocenters. The predicted molar refractivity (Wildman–Crippen MR) is 93.6 cm³/mol. The Morgan fingerprint density at radius 2 is 1.83 bits per heavy atom. The van der Waals surface area contributed by atoms with Crippen LogP contribution in [0, 0.1) is 0 Å². The van der Waals surface area contributed by atoms with Crippen LogP contribution in [0.3, 0.4) is 0 Å². The molecule has 1 heterocycles. The third-order valence-electron chi connectivity index (χ3n) is 3.26. The lowest BCUT2D eigenvalue weighted by molar-refractivity contribution is -0.118. The summed E-state index contributed by atoms with van der Waals surface area (Å²) in [7, 11) is -2.33. The van der Waals surface area contributed by atoms with Crippen LogP contribution in [0.2, 0.25) is 4.34 Å². The van der Waals surface area contributed by atoms with Crippen molar-refractivity contribution in [3.63, 3.8) is 0 Å². The predicted octanol–water partition coefficient (Wildman–Crippen LogP) is 3.08.